The molecule has 1 amide bonds. The van der Waals surface area contributed by atoms with Crippen molar-refractivity contribution in [3.8, 4) is 0 Å². The maximum Gasteiger partial charge on any atom is 0.221 e. The van der Waals surface area contributed by atoms with E-state index in [0.717, 1.165) is 44.0 Å². The van der Waals surface area contributed by atoms with Gasteiger partial charge in [-0.25, -0.2) is 0 Å². The second kappa shape index (κ2) is 8.74. The van der Waals surface area contributed by atoms with Crippen LogP contribution in [0.2, 0.25) is 0 Å². The molecule has 0 bridgehead atoms. The molecule has 3 rings (SSSR count). The Morgan fingerprint density at radius 1 is 0.885 bits per heavy atom. The molecular formula is C21H25N3O2. The predicted molar refractivity (Wildman–Crippen MR) is 103 cm³/mol. The number of carbonyl (C=O) groups excluding carboxylic acids is 2. The smallest absolute Gasteiger partial charge is 0.221 e. The van der Waals surface area contributed by atoms with Gasteiger partial charge < -0.3 is 5.32 Å². The minimum Gasteiger partial charge on any atom is -0.326 e. The van der Waals surface area contributed by atoms with Crippen molar-refractivity contribution < 1.29 is 9.59 Å². The number of ketones is 1. The minimum absolute atomic E-state index is 0.0566. The molecule has 0 atom stereocenters. The normalized spacial score (nSPS) is 15.6. The fraction of sp³-hybridized carbons (Fsp3) is 0.333. The quantitative estimate of drug-likeness (QED) is 0.813. The molecular weight excluding hydrogens is 326 g/mol. The molecule has 1 aliphatic rings. The van der Waals surface area contributed by atoms with Crippen LogP contribution in [0.25, 0.3) is 0 Å². The fourth-order valence-corrected chi connectivity index (χ4v) is 3.18. The van der Waals surface area contributed by atoms with E-state index >= 15 is 0 Å². The van der Waals surface area contributed by atoms with Gasteiger partial charge in [-0.15, -0.1) is 0 Å². The zero-order valence-electron chi connectivity index (χ0n) is 15.1. The van der Waals surface area contributed by atoms with Crippen LogP contribution in [0.4, 0.5) is 5.69 Å². The monoisotopic (exact) mass is 351 g/mol. The molecule has 0 aromatic heterocycles. The summed E-state index contributed by atoms with van der Waals surface area (Å²) >= 11 is 0. The summed E-state index contributed by atoms with van der Waals surface area (Å²) in [5, 5.41) is 2.78. The van der Waals surface area contributed by atoms with E-state index in [4.69, 9.17) is 0 Å². The van der Waals surface area contributed by atoms with Gasteiger partial charge in [-0.1, -0.05) is 42.5 Å². The Hall–Kier alpha value is -2.50. The summed E-state index contributed by atoms with van der Waals surface area (Å²) in [6, 6.07) is 17.5. The van der Waals surface area contributed by atoms with Crippen molar-refractivity contribution in [3.63, 3.8) is 0 Å². The molecule has 0 saturated carbocycles. The van der Waals surface area contributed by atoms with Crippen LogP contribution in [0.1, 0.15) is 22.8 Å². The standard InChI is InChI=1S/C21H25N3O2/c1-17(25)22-20-9-7-18(8-10-20)15-23-11-13-24(14-12-23)16-21(26)19-5-3-2-4-6-19/h2-10H,11-16H2,1H3,(H,22,25). The molecule has 1 aliphatic heterocycles. The highest BCUT2D eigenvalue weighted by Gasteiger charge is 2.19. The number of piperazine rings is 1. The molecule has 0 unspecified atom stereocenters. The van der Waals surface area contributed by atoms with E-state index in [1.807, 2.05) is 42.5 Å². The van der Waals surface area contributed by atoms with Crippen LogP contribution in [0.15, 0.2) is 54.6 Å². The van der Waals surface area contributed by atoms with Gasteiger partial charge in [-0.3, -0.25) is 19.4 Å². The van der Waals surface area contributed by atoms with Gasteiger partial charge in [0.05, 0.1) is 6.54 Å². The second-order valence-electron chi connectivity index (χ2n) is 6.72. The number of rotatable bonds is 6. The van der Waals surface area contributed by atoms with E-state index in [1.165, 1.54) is 12.5 Å². The molecule has 0 spiro atoms. The van der Waals surface area contributed by atoms with Crippen LogP contribution >= 0.6 is 0 Å². The molecule has 1 heterocycles. The van der Waals surface area contributed by atoms with Crippen molar-refractivity contribution in [2.75, 3.05) is 38.0 Å². The summed E-state index contributed by atoms with van der Waals surface area (Å²) in [6.45, 7) is 6.61. The number of nitrogens with one attached hydrogen (secondary N) is 1. The largest absolute Gasteiger partial charge is 0.326 e. The summed E-state index contributed by atoms with van der Waals surface area (Å²) in [7, 11) is 0. The summed E-state index contributed by atoms with van der Waals surface area (Å²) in [5.41, 5.74) is 2.84. The number of hydrogen-bond acceptors (Lipinski definition) is 4. The van der Waals surface area contributed by atoms with Gasteiger partial charge in [0, 0.05) is 50.9 Å². The van der Waals surface area contributed by atoms with Gasteiger partial charge in [0.15, 0.2) is 5.78 Å². The van der Waals surface area contributed by atoms with Crippen molar-refractivity contribution in [2.24, 2.45) is 0 Å². The first-order chi connectivity index (χ1) is 12.6. The lowest BCUT2D eigenvalue weighted by Crippen LogP contribution is -2.47. The first-order valence-electron chi connectivity index (χ1n) is 8.99. The SMILES string of the molecule is CC(=O)Nc1ccc(CN2CCN(CC(=O)c3ccccc3)CC2)cc1. The van der Waals surface area contributed by atoms with Gasteiger partial charge in [0.1, 0.15) is 0 Å². The predicted octanol–water partition coefficient (Wildman–Crippen LogP) is 2.65. The number of Topliss-reactive ketones (excluding diaryl/α,β-unsaturated/α-hetero) is 1. The molecule has 26 heavy (non-hydrogen) atoms. The Labute approximate surface area is 154 Å². The van der Waals surface area contributed by atoms with Crippen LogP contribution < -0.4 is 5.32 Å². The van der Waals surface area contributed by atoms with Gasteiger partial charge >= 0.3 is 0 Å². The number of benzene rings is 2. The zero-order chi connectivity index (χ0) is 18.4. The molecule has 136 valence electrons. The lowest BCUT2D eigenvalue weighted by molar-refractivity contribution is -0.114. The van der Waals surface area contributed by atoms with Crippen LogP contribution in [0.3, 0.4) is 0 Å². The van der Waals surface area contributed by atoms with Crippen LogP contribution in [-0.2, 0) is 11.3 Å². The third-order valence-corrected chi connectivity index (χ3v) is 4.61. The van der Waals surface area contributed by atoms with E-state index in [2.05, 4.69) is 27.2 Å². The first-order valence-corrected chi connectivity index (χ1v) is 8.99. The number of amides is 1. The topological polar surface area (TPSA) is 52.7 Å². The van der Waals surface area contributed by atoms with Crippen molar-refractivity contribution in [1.29, 1.82) is 0 Å². The highest BCUT2D eigenvalue weighted by molar-refractivity contribution is 5.97. The number of nitrogens with zero attached hydrogens (tertiary/aromatic N) is 2. The highest BCUT2D eigenvalue weighted by Crippen LogP contribution is 2.13. The Kier molecular flexibility index (Phi) is 6.15. The summed E-state index contributed by atoms with van der Waals surface area (Å²) < 4.78 is 0. The maximum absolute atomic E-state index is 12.3. The van der Waals surface area contributed by atoms with Crippen molar-refractivity contribution in [2.45, 2.75) is 13.5 Å². The van der Waals surface area contributed by atoms with Crippen molar-refractivity contribution in [1.82, 2.24) is 9.80 Å². The first kappa shape index (κ1) is 18.3. The lowest BCUT2D eigenvalue weighted by atomic mass is 10.1. The Bertz CT molecular complexity index is 736. The highest BCUT2D eigenvalue weighted by atomic mass is 16.1. The summed E-state index contributed by atoms with van der Waals surface area (Å²) in [4.78, 5) is 28.0. The third kappa shape index (κ3) is 5.25. The molecule has 1 N–H and O–H groups in total. The average Bonchev–Trinajstić information content (AvgIpc) is 2.65. The van der Waals surface area contributed by atoms with Gasteiger partial charge in [0.2, 0.25) is 5.91 Å². The molecule has 5 nitrogen and oxygen atoms in total. The van der Waals surface area contributed by atoms with Crippen molar-refractivity contribution >= 4 is 17.4 Å². The van der Waals surface area contributed by atoms with Gasteiger partial charge in [0.25, 0.3) is 0 Å². The molecule has 1 fully saturated rings. The molecule has 2 aromatic rings. The third-order valence-electron chi connectivity index (χ3n) is 4.61. The number of carbonyl (C=O) groups is 2. The molecule has 2 aromatic carbocycles. The lowest BCUT2D eigenvalue weighted by Gasteiger charge is -2.34. The summed E-state index contributed by atoms with van der Waals surface area (Å²) in [6.07, 6.45) is 0. The Balaban J connectivity index is 1.45. The average molecular weight is 351 g/mol. The number of anilines is 1. The van der Waals surface area contributed by atoms with Crippen LogP contribution in [0.5, 0.6) is 0 Å². The fourth-order valence-electron chi connectivity index (χ4n) is 3.18. The number of hydrogen-bond donors (Lipinski definition) is 1. The molecule has 5 heteroatoms. The van der Waals surface area contributed by atoms with Crippen molar-refractivity contribution in [3.05, 3.63) is 65.7 Å². The zero-order valence-corrected chi connectivity index (χ0v) is 15.1. The van der Waals surface area contributed by atoms with Crippen LogP contribution in [-0.4, -0.2) is 54.2 Å². The molecule has 0 aliphatic carbocycles. The minimum atomic E-state index is -0.0566. The maximum atomic E-state index is 12.3. The Morgan fingerprint density at radius 3 is 2.12 bits per heavy atom. The van der Waals surface area contributed by atoms with Gasteiger partial charge in [-0.05, 0) is 17.7 Å². The summed E-state index contributed by atoms with van der Waals surface area (Å²) in [5.74, 6) is 0.131. The van der Waals surface area contributed by atoms with Crippen LogP contribution in [0, 0.1) is 0 Å². The van der Waals surface area contributed by atoms with E-state index < -0.39 is 0 Å². The van der Waals surface area contributed by atoms with Gasteiger partial charge in [-0.2, -0.15) is 0 Å². The second-order valence-corrected chi connectivity index (χ2v) is 6.72. The van der Waals surface area contributed by atoms with E-state index in [9.17, 15) is 9.59 Å². The molecule has 1 saturated heterocycles. The van der Waals surface area contributed by atoms with E-state index in [0.29, 0.717) is 6.54 Å². The molecule has 0 radical (unpaired) electrons. The Morgan fingerprint density at radius 2 is 1.50 bits per heavy atom. The van der Waals surface area contributed by atoms with E-state index in [-0.39, 0.29) is 11.7 Å². The van der Waals surface area contributed by atoms with E-state index in [1.54, 1.807) is 0 Å².